The van der Waals surface area contributed by atoms with Gasteiger partial charge in [0.1, 0.15) is 0 Å². The van der Waals surface area contributed by atoms with Crippen molar-refractivity contribution in [1.82, 2.24) is 9.97 Å². The molecule has 0 unspecified atom stereocenters. The molecule has 0 aliphatic heterocycles. The van der Waals surface area contributed by atoms with Crippen molar-refractivity contribution < 1.29 is 0 Å². The van der Waals surface area contributed by atoms with E-state index in [1.807, 2.05) is 12.2 Å². The predicted octanol–water partition coefficient (Wildman–Crippen LogP) is 1.91. The summed E-state index contributed by atoms with van der Waals surface area (Å²) in [6, 6.07) is 0. The van der Waals surface area contributed by atoms with Crippen LogP contribution in [0.25, 0.3) is 12.2 Å². The number of rotatable bonds is 0. The molecule has 0 aromatic carbocycles. The molecule has 0 fully saturated rings. The quantitative estimate of drug-likeness (QED) is 0.555. The summed E-state index contributed by atoms with van der Waals surface area (Å²) in [4.78, 5) is 8.36. The molecule has 0 atom stereocenters. The number of nitrogens with zero attached hydrogens (tertiary/aromatic N) is 2. The van der Waals surface area contributed by atoms with E-state index in [9.17, 15) is 0 Å². The number of fused-ring (bicyclic) bond motifs is 1. The van der Waals surface area contributed by atoms with Gasteiger partial charge >= 0.3 is 0 Å². The van der Waals surface area contributed by atoms with Crippen molar-refractivity contribution in [3.8, 4) is 0 Å². The zero-order valence-corrected chi connectivity index (χ0v) is 6.07. The van der Waals surface area contributed by atoms with Crippen LogP contribution in [-0.2, 0) is 0 Å². The van der Waals surface area contributed by atoms with Crippen LogP contribution in [0, 0.1) is 0 Å². The molecule has 2 heteroatoms. The lowest BCUT2D eigenvalue weighted by atomic mass is 10.3. The Bertz CT molecular complexity index is 282. The summed E-state index contributed by atoms with van der Waals surface area (Å²) in [5.41, 5.74) is 1.92. The Morgan fingerprint density at radius 1 is 0.909 bits per heavy atom. The Labute approximate surface area is 65.3 Å². The van der Waals surface area contributed by atoms with Gasteiger partial charge in [0, 0.05) is 12.4 Å². The highest BCUT2D eigenvalue weighted by Gasteiger charge is 1.98. The van der Waals surface area contributed by atoms with Crippen LogP contribution >= 0.6 is 0 Å². The Balaban J connectivity index is 2.58. The monoisotopic (exact) mass is 144 g/mol. The van der Waals surface area contributed by atoms with Gasteiger partial charge in [-0.1, -0.05) is 12.2 Å². The lowest BCUT2D eigenvalue weighted by Crippen LogP contribution is -1.87. The Morgan fingerprint density at radius 2 is 1.45 bits per heavy atom. The van der Waals surface area contributed by atoms with E-state index in [0.29, 0.717) is 0 Å². The minimum absolute atomic E-state index is 0.959. The summed E-state index contributed by atoms with van der Waals surface area (Å²) in [5.74, 6) is 0. The molecule has 1 heterocycles. The van der Waals surface area contributed by atoms with Crippen LogP contribution in [0.4, 0.5) is 0 Å². The van der Waals surface area contributed by atoms with E-state index in [1.165, 1.54) is 0 Å². The fraction of sp³-hybridized carbons (Fsp3) is 0.111. The van der Waals surface area contributed by atoms with Crippen molar-refractivity contribution in [2.24, 2.45) is 0 Å². The molecule has 11 heavy (non-hydrogen) atoms. The number of hydrogen-bond donors (Lipinski definition) is 0. The highest BCUT2D eigenvalue weighted by molar-refractivity contribution is 5.61. The van der Waals surface area contributed by atoms with Gasteiger partial charge in [0.2, 0.25) is 0 Å². The second kappa shape index (κ2) is 2.66. The molecule has 0 spiro atoms. The van der Waals surface area contributed by atoms with Crippen molar-refractivity contribution in [2.45, 2.75) is 6.42 Å². The van der Waals surface area contributed by atoms with Gasteiger partial charge in [0.15, 0.2) is 0 Å². The van der Waals surface area contributed by atoms with E-state index in [2.05, 4.69) is 22.1 Å². The smallest absolute Gasteiger partial charge is 0.0883 e. The first-order chi connectivity index (χ1) is 5.47. The molecule has 0 saturated carbocycles. The van der Waals surface area contributed by atoms with Crippen LogP contribution in [0.2, 0.25) is 0 Å². The topological polar surface area (TPSA) is 25.8 Å². The summed E-state index contributed by atoms with van der Waals surface area (Å²) in [6.07, 6.45) is 12.6. The van der Waals surface area contributed by atoms with E-state index in [4.69, 9.17) is 0 Å². The van der Waals surface area contributed by atoms with Gasteiger partial charge in [-0.05, 0) is 18.6 Å². The molecule has 1 aromatic heterocycles. The summed E-state index contributed by atoms with van der Waals surface area (Å²) < 4.78 is 0. The van der Waals surface area contributed by atoms with Gasteiger partial charge in [-0.15, -0.1) is 0 Å². The fourth-order valence-electron chi connectivity index (χ4n) is 1.05. The van der Waals surface area contributed by atoms with Gasteiger partial charge in [-0.3, -0.25) is 9.97 Å². The molecule has 2 rings (SSSR count). The molecule has 2 nitrogen and oxygen atoms in total. The van der Waals surface area contributed by atoms with E-state index >= 15 is 0 Å². The normalized spacial score (nSPS) is 14.2. The van der Waals surface area contributed by atoms with E-state index in [0.717, 1.165) is 17.8 Å². The maximum absolute atomic E-state index is 4.18. The van der Waals surface area contributed by atoms with Crippen LogP contribution in [0.3, 0.4) is 0 Å². The molecule has 1 aromatic rings. The van der Waals surface area contributed by atoms with Crippen LogP contribution in [0.1, 0.15) is 17.8 Å². The lowest BCUT2D eigenvalue weighted by molar-refractivity contribution is 1.16. The molecule has 0 saturated heterocycles. The van der Waals surface area contributed by atoms with Gasteiger partial charge in [-0.25, -0.2) is 0 Å². The zero-order valence-electron chi connectivity index (χ0n) is 6.07. The molecular formula is C9H8N2. The number of allylic oxidation sites excluding steroid dienone is 2. The summed E-state index contributed by atoms with van der Waals surface area (Å²) >= 11 is 0. The van der Waals surface area contributed by atoms with Crippen molar-refractivity contribution in [2.75, 3.05) is 0 Å². The molecule has 0 radical (unpaired) electrons. The van der Waals surface area contributed by atoms with Gasteiger partial charge in [0.05, 0.1) is 11.4 Å². The second-order valence-electron chi connectivity index (χ2n) is 2.37. The molecule has 0 amide bonds. The molecule has 1 aliphatic carbocycles. The van der Waals surface area contributed by atoms with Crippen LogP contribution < -0.4 is 0 Å². The van der Waals surface area contributed by atoms with Crippen LogP contribution in [0.5, 0.6) is 0 Å². The average molecular weight is 144 g/mol. The SMILES string of the molecule is C1=Cc2nccnc2C=CC1. The first kappa shape index (κ1) is 6.28. The Hall–Kier alpha value is -1.44. The minimum Gasteiger partial charge on any atom is -0.253 e. The van der Waals surface area contributed by atoms with E-state index in [-0.39, 0.29) is 0 Å². The maximum Gasteiger partial charge on any atom is 0.0883 e. The second-order valence-corrected chi connectivity index (χ2v) is 2.37. The molecule has 1 aliphatic rings. The third-order valence-electron chi connectivity index (χ3n) is 1.58. The molecule has 0 bridgehead atoms. The zero-order chi connectivity index (χ0) is 7.52. The average Bonchev–Trinajstić information content (AvgIpc) is 2.28. The van der Waals surface area contributed by atoms with Crippen molar-refractivity contribution in [3.63, 3.8) is 0 Å². The highest BCUT2D eigenvalue weighted by atomic mass is 14.8. The highest BCUT2D eigenvalue weighted by Crippen LogP contribution is 2.10. The van der Waals surface area contributed by atoms with Crippen molar-refractivity contribution in [3.05, 3.63) is 35.9 Å². The Kier molecular flexibility index (Phi) is 1.52. The first-order valence-corrected chi connectivity index (χ1v) is 3.61. The predicted molar refractivity (Wildman–Crippen MR) is 44.7 cm³/mol. The first-order valence-electron chi connectivity index (χ1n) is 3.61. The molecule has 0 N–H and O–H groups in total. The maximum atomic E-state index is 4.18. The van der Waals surface area contributed by atoms with Crippen molar-refractivity contribution >= 4 is 12.2 Å². The van der Waals surface area contributed by atoms with E-state index < -0.39 is 0 Å². The van der Waals surface area contributed by atoms with E-state index in [1.54, 1.807) is 12.4 Å². The third kappa shape index (κ3) is 1.19. The van der Waals surface area contributed by atoms with Crippen LogP contribution in [-0.4, -0.2) is 9.97 Å². The largest absolute Gasteiger partial charge is 0.253 e. The minimum atomic E-state index is 0.959. The number of aromatic nitrogens is 2. The van der Waals surface area contributed by atoms with Crippen LogP contribution in [0.15, 0.2) is 24.5 Å². The number of hydrogen-bond acceptors (Lipinski definition) is 2. The van der Waals surface area contributed by atoms with Gasteiger partial charge in [0.25, 0.3) is 0 Å². The summed E-state index contributed by atoms with van der Waals surface area (Å²) in [5, 5.41) is 0. The Morgan fingerprint density at radius 3 is 2.00 bits per heavy atom. The fourth-order valence-corrected chi connectivity index (χ4v) is 1.05. The third-order valence-corrected chi connectivity index (χ3v) is 1.58. The standard InChI is InChI=1S/C9H8N2/c1-2-4-8-9(5-3-1)11-7-6-10-8/h2-7H,1H2. The lowest BCUT2D eigenvalue weighted by Gasteiger charge is -1.94. The summed E-state index contributed by atoms with van der Waals surface area (Å²) in [6.45, 7) is 0. The van der Waals surface area contributed by atoms with Gasteiger partial charge < -0.3 is 0 Å². The summed E-state index contributed by atoms with van der Waals surface area (Å²) in [7, 11) is 0. The van der Waals surface area contributed by atoms with Gasteiger partial charge in [-0.2, -0.15) is 0 Å². The molecule has 54 valence electrons. The molecular weight excluding hydrogens is 136 g/mol. The van der Waals surface area contributed by atoms with Crippen molar-refractivity contribution in [1.29, 1.82) is 0 Å².